The van der Waals surface area contributed by atoms with Crippen molar-refractivity contribution in [1.82, 2.24) is 0 Å². The molecule has 0 bridgehead atoms. The predicted octanol–water partition coefficient (Wildman–Crippen LogP) is 3.09. The SMILES string of the molecule is CCCc1ccc(S(=O)c2ccc(O)c(N)c2)cc1. The summed E-state index contributed by atoms with van der Waals surface area (Å²) >= 11 is 0. The summed E-state index contributed by atoms with van der Waals surface area (Å²) in [4.78, 5) is 1.34. The van der Waals surface area contributed by atoms with E-state index in [0.29, 0.717) is 4.90 Å². The van der Waals surface area contributed by atoms with Crippen LogP contribution < -0.4 is 5.73 Å². The minimum Gasteiger partial charge on any atom is -0.506 e. The number of nitrogen functional groups attached to an aromatic ring is 1. The number of phenols is 1. The molecule has 0 aliphatic heterocycles. The molecule has 0 spiro atoms. The van der Waals surface area contributed by atoms with Gasteiger partial charge in [0.05, 0.1) is 16.5 Å². The summed E-state index contributed by atoms with van der Waals surface area (Å²) in [6.07, 6.45) is 2.12. The van der Waals surface area contributed by atoms with Gasteiger partial charge in [0.25, 0.3) is 0 Å². The van der Waals surface area contributed by atoms with Crippen molar-refractivity contribution >= 4 is 16.5 Å². The summed E-state index contributed by atoms with van der Waals surface area (Å²) < 4.78 is 12.4. The average molecular weight is 275 g/mol. The molecule has 0 saturated carbocycles. The van der Waals surface area contributed by atoms with Gasteiger partial charge in [-0.2, -0.15) is 0 Å². The highest BCUT2D eigenvalue weighted by molar-refractivity contribution is 7.85. The number of hydrogen-bond acceptors (Lipinski definition) is 3. The van der Waals surface area contributed by atoms with E-state index in [-0.39, 0.29) is 11.4 Å². The number of benzene rings is 2. The Morgan fingerprint density at radius 3 is 2.32 bits per heavy atom. The summed E-state index contributed by atoms with van der Waals surface area (Å²) in [5, 5.41) is 9.37. The summed E-state index contributed by atoms with van der Waals surface area (Å²) in [7, 11) is -1.27. The van der Waals surface area contributed by atoms with Crippen LogP contribution in [0.5, 0.6) is 5.75 Å². The van der Waals surface area contributed by atoms with Crippen molar-refractivity contribution in [2.24, 2.45) is 0 Å². The number of nitrogens with two attached hydrogens (primary N) is 1. The Labute approximate surface area is 115 Å². The van der Waals surface area contributed by atoms with Crippen molar-refractivity contribution in [3.8, 4) is 5.75 Å². The Morgan fingerprint density at radius 1 is 1.11 bits per heavy atom. The second kappa shape index (κ2) is 5.89. The van der Waals surface area contributed by atoms with Gasteiger partial charge in [-0.25, -0.2) is 4.21 Å². The van der Waals surface area contributed by atoms with E-state index in [1.165, 1.54) is 11.6 Å². The third kappa shape index (κ3) is 3.15. The molecule has 2 rings (SSSR count). The fourth-order valence-corrected chi connectivity index (χ4v) is 2.93. The molecular weight excluding hydrogens is 258 g/mol. The highest BCUT2D eigenvalue weighted by Gasteiger charge is 2.09. The van der Waals surface area contributed by atoms with Gasteiger partial charge in [-0.1, -0.05) is 25.5 Å². The normalized spacial score (nSPS) is 12.3. The van der Waals surface area contributed by atoms with Crippen LogP contribution in [0.25, 0.3) is 0 Å². The van der Waals surface area contributed by atoms with E-state index in [2.05, 4.69) is 6.92 Å². The van der Waals surface area contributed by atoms with E-state index in [4.69, 9.17) is 5.73 Å². The second-order valence-corrected chi connectivity index (χ2v) is 5.86. The molecule has 0 fully saturated rings. The van der Waals surface area contributed by atoms with Crippen LogP contribution in [0.4, 0.5) is 5.69 Å². The molecule has 0 aliphatic rings. The maximum absolute atomic E-state index is 12.4. The first-order valence-electron chi connectivity index (χ1n) is 6.21. The van der Waals surface area contributed by atoms with Crippen LogP contribution >= 0.6 is 0 Å². The average Bonchev–Trinajstić information content (AvgIpc) is 2.42. The van der Waals surface area contributed by atoms with Crippen LogP contribution in [-0.4, -0.2) is 9.32 Å². The molecule has 0 heterocycles. The van der Waals surface area contributed by atoms with Gasteiger partial charge in [0.1, 0.15) is 5.75 Å². The van der Waals surface area contributed by atoms with Gasteiger partial charge in [0, 0.05) is 9.79 Å². The molecule has 1 atom stereocenters. The predicted molar refractivity (Wildman–Crippen MR) is 77.6 cm³/mol. The molecule has 0 aliphatic carbocycles. The van der Waals surface area contributed by atoms with Crippen molar-refractivity contribution in [3.63, 3.8) is 0 Å². The van der Waals surface area contributed by atoms with Crippen LogP contribution in [0.15, 0.2) is 52.3 Å². The first-order valence-corrected chi connectivity index (χ1v) is 7.36. The largest absolute Gasteiger partial charge is 0.506 e. The molecule has 3 N–H and O–H groups in total. The number of hydrogen-bond donors (Lipinski definition) is 2. The lowest BCUT2D eigenvalue weighted by Gasteiger charge is -2.06. The topological polar surface area (TPSA) is 63.3 Å². The van der Waals surface area contributed by atoms with E-state index in [0.717, 1.165) is 17.7 Å². The van der Waals surface area contributed by atoms with Crippen molar-refractivity contribution in [1.29, 1.82) is 0 Å². The zero-order chi connectivity index (χ0) is 13.8. The quantitative estimate of drug-likeness (QED) is 0.665. The van der Waals surface area contributed by atoms with E-state index in [9.17, 15) is 9.32 Å². The standard InChI is InChI=1S/C15H17NO2S/c1-2-3-11-4-6-12(7-5-11)19(18)13-8-9-15(17)14(16)10-13/h4-10,17H,2-3,16H2,1H3. The zero-order valence-electron chi connectivity index (χ0n) is 10.8. The van der Waals surface area contributed by atoms with Crippen LogP contribution in [0, 0.1) is 0 Å². The lowest BCUT2D eigenvalue weighted by molar-refractivity contribution is 0.477. The molecular formula is C15H17NO2S. The van der Waals surface area contributed by atoms with Crippen LogP contribution in [0.2, 0.25) is 0 Å². The first kappa shape index (κ1) is 13.6. The Kier molecular flexibility index (Phi) is 4.22. The third-order valence-electron chi connectivity index (χ3n) is 2.89. The van der Waals surface area contributed by atoms with E-state index in [1.54, 1.807) is 12.1 Å². The van der Waals surface area contributed by atoms with Crippen molar-refractivity contribution in [2.45, 2.75) is 29.6 Å². The Hall–Kier alpha value is -1.81. The summed E-state index contributed by atoms with van der Waals surface area (Å²) in [6.45, 7) is 2.13. The van der Waals surface area contributed by atoms with Crippen molar-refractivity contribution in [3.05, 3.63) is 48.0 Å². The maximum atomic E-state index is 12.4. The van der Waals surface area contributed by atoms with Crippen LogP contribution in [-0.2, 0) is 17.2 Å². The number of aromatic hydroxyl groups is 1. The Bertz CT molecular complexity index is 594. The molecule has 19 heavy (non-hydrogen) atoms. The molecule has 3 nitrogen and oxygen atoms in total. The summed E-state index contributed by atoms with van der Waals surface area (Å²) in [6, 6.07) is 12.4. The minimum absolute atomic E-state index is 0.0130. The molecule has 0 aromatic heterocycles. The van der Waals surface area contributed by atoms with Gasteiger partial charge < -0.3 is 10.8 Å². The van der Waals surface area contributed by atoms with Crippen LogP contribution in [0.3, 0.4) is 0 Å². The zero-order valence-corrected chi connectivity index (χ0v) is 11.6. The molecule has 0 radical (unpaired) electrons. The number of aryl methyl sites for hydroxylation is 1. The molecule has 4 heteroatoms. The fourth-order valence-electron chi connectivity index (χ4n) is 1.85. The van der Waals surface area contributed by atoms with Crippen molar-refractivity contribution < 1.29 is 9.32 Å². The first-order chi connectivity index (χ1) is 9.11. The lowest BCUT2D eigenvalue weighted by Crippen LogP contribution is -1.95. The lowest BCUT2D eigenvalue weighted by atomic mass is 10.1. The number of phenolic OH excluding ortho intramolecular Hbond substituents is 1. The molecule has 2 aromatic carbocycles. The van der Waals surface area contributed by atoms with Gasteiger partial charge in [-0.3, -0.25) is 0 Å². The smallest absolute Gasteiger partial charge is 0.138 e. The van der Waals surface area contributed by atoms with E-state index in [1.807, 2.05) is 24.3 Å². The monoisotopic (exact) mass is 275 g/mol. The highest BCUT2D eigenvalue weighted by atomic mass is 32.2. The highest BCUT2D eigenvalue weighted by Crippen LogP contribution is 2.25. The van der Waals surface area contributed by atoms with Gasteiger partial charge in [0.15, 0.2) is 0 Å². The van der Waals surface area contributed by atoms with Crippen LogP contribution in [0.1, 0.15) is 18.9 Å². The molecule has 1 unspecified atom stereocenters. The third-order valence-corrected chi connectivity index (χ3v) is 4.27. The van der Waals surface area contributed by atoms with Crippen molar-refractivity contribution in [2.75, 3.05) is 5.73 Å². The second-order valence-electron chi connectivity index (χ2n) is 4.38. The Morgan fingerprint density at radius 2 is 1.74 bits per heavy atom. The molecule has 100 valence electrons. The molecule has 0 saturated heterocycles. The summed E-state index contributed by atoms with van der Waals surface area (Å²) in [5.41, 5.74) is 7.10. The fraction of sp³-hybridized carbons (Fsp3) is 0.200. The minimum atomic E-state index is -1.27. The van der Waals surface area contributed by atoms with Gasteiger partial charge >= 0.3 is 0 Å². The van der Waals surface area contributed by atoms with Gasteiger partial charge in [-0.05, 0) is 42.3 Å². The molecule has 2 aromatic rings. The van der Waals surface area contributed by atoms with E-state index < -0.39 is 10.8 Å². The van der Waals surface area contributed by atoms with E-state index >= 15 is 0 Å². The maximum Gasteiger partial charge on any atom is 0.138 e. The van der Waals surface area contributed by atoms with Gasteiger partial charge in [-0.15, -0.1) is 0 Å². The molecule has 0 amide bonds. The Balaban J connectivity index is 2.25. The van der Waals surface area contributed by atoms with Gasteiger partial charge in [0.2, 0.25) is 0 Å². The number of rotatable bonds is 4. The summed E-state index contributed by atoms with van der Waals surface area (Å²) in [5.74, 6) is 0.0130. The number of anilines is 1.